The molecule has 24 heavy (non-hydrogen) atoms. The smallest absolute Gasteiger partial charge is 0.227 e. The summed E-state index contributed by atoms with van der Waals surface area (Å²) >= 11 is 0. The van der Waals surface area contributed by atoms with Crippen molar-refractivity contribution in [3.8, 4) is 0 Å². The summed E-state index contributed by atoms with van der Waals surface area (Å²) in [5.41, 5.74) is 7.63. The highest BCUT2D eigenvalue weighted by molar-refractivity contribution is 5.93. The predicted molar refractivity (Wildman–Crippen MR) is 95.7 cm³/mol. The van der Waals surface area contributed by atoms with Crippen LogP contribution >= 0.6 is 0 Å². The molecule has 0 heterocycles. The minimum atomic E-state index is 0.0445. The third-order valence-electron chi connectivity index (χ3n) is 4.44. The van der Waals surface area contributed by atoms with Crippen molar-refractivity contribution in [3.05, 3.63) is 29.8 Å². The summed E-state index contributed by atoms with van der Waals surface area (Å²) in [4.78, 5) is 12.4. The van der Waals surface area contributed by atoms with E-state index < -0.39 is 0 Å². The molecule has 0 radical (unpaired) electrons. The lowest BCUT2D eigenvalue weighted by Gasteiger charge is -2.17. The molecular formula is C19H30N2O3. The number of nitrogens with one attached hydrogen (secondary N) is 1. The van der Waals surface area contributed by atoms with E-state index in [2.05, 4.69) is 5.32 Å². The lowest BCUT2D eigenvalue weighted by molar-refractivity contribution is -0.120. The number of rotatable bonds is 9. The van der Waals surface area contributed by atoms with Crippen LogP contribution in [0.2, 0.25) is 0 Å². The molecule has 3 N–H and O–H groups in total. The third-order valence-corrected chi connectivity index (χ3v) is 4.44. The van der Waals surface area contributed by atoms with Crippen molar-refractivity contribution in [1.29, 1.82) is 0 Å². The topological polar surface area (TPSA) is 73.6 Å². The van der Waals surface area contributed by atoms with Gasteiger partial charge in [0, 0.05) is 11.6 Å². The molecule has 1 aromatic carbocycles. The first-order chi connectivity index (χ1) is 11.6. The Hall–Kier alpha value is -1.43. The van der Waals surface area contributed by atoms with Crippen LogP contribution < -0.4 is 11.1 Å². The molecule has 2 atom stereocenters. The Morgan fingerprint density at radius 1 is 1.33 bits per heavy atom. The van der Waals surface area contributed by atoms with E-state index in [1.54, 1.807) is 0 Å². The first-order valence-electron chi connectivity index (χ1n) is 8.89. The molecule has 1 fully saturated rings. The fourth-order valence-corrected chi connectivity index (χ4v) is 3.17. The van der Waals surface area contributed by atoms with Crippen LogP contribution in [-0.4, -0.2) is 31.8 Å². The monoisotopic (exact) mass is 334 g/mol. The van der Waals surface area contributed by atoms with Crippen molar-refractivity contribution in [1.82, 2.24) is 0 Å². The van der Waals surface area contributed by atoms with Gasteiger partial charge in [0.1, 0.15) is 0 Å². The molecule has 1 aromatic rings. The number of carbonyl (C=O) groups is 1. The largest absolute Gasteiger partial charge is 0.376 e. The Morgan fingerprint density at radius 2 is 2.17 bits per heavy atom. The summed E-state index contributed by atoms with van der Waals surface area (Å²) in [6.07, 6.45) is 3.31. The maximum Gasteiger partial charge on any atom is 0.227 e. The van der Waals surface area contributed by atoms with Crippen molar-refractivity contribution in [2.75, 3.05) is 25.1 Å². The van der Waals surface area contributed by atoms with Gasteiger partial charge in [-0.15, -0.1) is 0 Å². The fourth-order valence-electron chi connectivity index (χ4n) is 3.17. The Kier molecular flexibility index (Phi) is 7.69. The molecule has 1 saturated carbocycles. The summed E-state index contributed by atoms with van der Waals surface area (Å²) in [6, 6.07) is 7.81. The highest BCUT2D eigenvalue weighted by Gasteiger charge is 2.31. The second-order valence-corrected chi connectivity index (χ2v) is 6.69. The average Bonchev–Trinajstić information content (AvgIpc) is 3.03. The third kappa shape index (κ3) is 5.89. The highest BCUT2D eigenvalue weighted by Crippen LogP contribution is 2.31. The Balaban J connectivity index is 1.80. The molecule has 1 aliphatic rings. The molecular weight excluding hydrogens is 304 g/mol. The Bertz CT molecular complexity index is 519. The van der Waals surface area contributed by atoms with Gasteiger partial charge < -0.3 is 20.5 Å². The van der Waals surface area contributed by atoms with E-state index in [-0.39, 0.29) is 17.9 Å². The van der Waals surface area contributed by atoms with Crippen LogP contribution in [0.25, 0.3) is 0 Å². The zero-order valence-corrected chi connectivity index (χ0v) is 14.8. The number of ether oxygens (including phenoxy) is 2. The van der Waals surface area contributed by atoms with Gasteiger partial charge in [0.15, 0.2) is 0 Å². The van der Waals surface area contributed by atoms with Crippen molar-refractivity contribution in [2.45, 2.75) is 45.8 Å². The summed E-state index contributed by atoms with van der Waals surface area (Å²) in [6.45, 7) is 6.27. The van der Waals surface area contributed by atoms with E-state index in [1.165, 1.54) is 0 Å². The molecule has 0 aliphatic heterocycles. The van der Waals surface area contributed by atoms with Crippen LogP contribution in [0.1, 0.15) is 38.7 Å². The zero-order chi connectivity index (χ0) is 17.4. The minimum absolute atomic E-state index is 0.0445. The fraction of sp³-hybridized carbons (Fsp3) is 0.632. The van der Waals surface area contributed by atoms with E-state index in [0.29, 0.717) is 32.3 Å². The first kappa shape index (κ1) is 18.9. The quantitative estimate of drug-likeness (QED) is 0.681. The number of hydrogen-bond donors (Lipinski definition) is 2. The molecule has 1 aliphatic carbocycles. The number of anilines is 1. The van der Waals surface area contributed by atoms with Crippen LogP contribution in [0.3, 0.4) is 0 Å². The highest BCUT2D eigenvalue weighted by atomic mass is 16.5. The van der Waals surface area contributed by atoms with Gasteiger partial charge in [-0.2, -0.15) is 0 Å². The van der Waals surface area contributed by atoms with E-state index >= 15 is 0 Å². The summed E-state index contributed by atoms with van der Waals surface area (Å²) in [7, 11) is 0. The summed E-state index contributed by atoms with van der Waals surface area (Å²) in [5, 5.41) is 3.03. The van der Waals surface area contributed by atoms with Gasteiger partial charge in [-0.05, 0) is 56.8 Å². The van der Waals surface area contributed by atoms with Crippen LogP contribution in [-0.2, 0) is 20.9 Å². The first-order valence-corrected chi connectivity index (χ1v) is 8.89. The molecule has 1 amide bonds. The van der Waals surface area contributed by atoms with Gasteiger partial charge in [0.2, 0.25) is 5.91 Å². The second kappa shape index (κ2) is 9.77. The van der Waals surface area contributed by atoms with Crippen molar-refractivity contribution >= 4 is 11.6 Å². The summed E-state index contributed by atoms with van der Waals surface area (Å²) in [5.74, 6) is 0.451. The van der Waals surface area contributed by atoms with E-state index in [9.17, 15) is 4.79 Å². The van der Waals surface area contributed by atoms with Gasteiger partial charge in [-0.25, -0.2) is 0 Å². The van der Waals surface area contributed by atoms with Crippen molar-refractivity contribution in [2.24, 2.45) is 17.6 Å². The molecule has 0 aromatic heterocycles. The average molecular weight is 334 g/mol. The van der Waals surface area contributed by atoms with E-state index in [4.69, 9.17) is 15.2 Å². The van der Waals surface area contributed by atoms with Gasteiger partial charge in [0.25, 0.3) is 0 Å². The van der Waals surface area contributed by atoms with Crippen LogP contribution in [0.5, 0.6) is 0 Å². The lowest BCUT2D eigenvalue weighted by Crippen LogP contribution is -2.29. The van der Waals surface area contributed by atoms with E-state index in [1.807, 2.05) is 38.1 Å². The van der Waals surface area contributed by atoms with E-state index in [0.717, 1.165) is 30.5 Å². The number of nitrogens with two attached hydrogens (primary N) is 1. The van der Waals surface area contributed by atoms with Gasteiger partial charge in [-0.3, -0.25) is 4.79 Å². The Morgan fingerprint density at radius 3 is 2.92 bits per heavy atom. The molecule has 5 heteroatoms. The minimum Gasteiger partial charge on any atom is -0.376 e. The maximum absolute atomic E-state index is 12.4. The maximum atomic E-state index is 12.4. The van der Waals surface area contributed by atoms with Crippen LogP contribution in [0.15, 0.2) is 24.3 Å². The normalized spacial score (nSPS) is 20.5. The number of benzene rings is 1. The van der Waals surface area contributed by atoms with Crippen LogP contribution in [0.4, 0.5) is 5.69 Å². The molecule has 134 valence electrons. The lowest BCUT2D eigenvalue weighted by atomic mass is 9.95. The standard InChI is InChI=1S/C19H30N2O3/c1-14(2)24-10-9-23-13-15-5-3-7-17(11-15)21-19(22)18-8-4-6-16(18)12-20/h3,5,7,11,14,16,18H,4,6,8-10,12-13,20H2,1-2H3,(H,21,22)/t16-,18-/m1/s1. The molecule has 5 nitrogen and oxygen atoms in total. The number of amides is 1. The predicted octanol–water partition coefficient (Wildman–Crippen LogP) is 2.94. The van der Waals surface area contributed by atoms with Gasteiger partial charge in [-0.1, -0.05) is 18.6 Å². The van der Waals surface area contributed by atoms with Crippen LogP contribution in [0, 0.1) is 11.8 Å². The van der Waals surface area contributed by atoms with Crippen molar-refractivity contribution < 1.29 is 14.3 Å². The molecule has 0 unspecified atom stereocenters. The molecule has 2 rings (SSSR count). The zero-order valence-electron chi connectivity index (χ0n) is 14.8. The number of carbonyl (C=O) groups excluding carboxylic acids is 1. The van der Waals surface area contributed by atoms with Gasteiger partial charge in [0.05, 0.1) is 25.9 Å². The van der Waals surface area contributed by atoms with Crippen molar-refractivity contribution in [3.63, 3.8) is 0 Å². The summed E-state index contributed by atoms with van der Waals surface area (Å²) < 4.78 is 11.1. The molecule has 0 saturated heterocycles. The SMILES string of the molecule is CC(C)OCCOCc1cccc(NC(=O)[C@@H]2CCC[C@@H]2CN)c1. The van der Waals surface area contributed by atoms with Gasteiger partial charge >= 0.3 is 0 Å². The number of hydrogen-bond acceptors (Lipinski definition) is 4. The Labute approximate surface area is 144 Å². The molecule has 0 bridgehead atoms. The molecule has 0 spiro atoms. The second-order valence-electron chi connectivity index (χ2n) is 6.69.